The number of hydrogen-bond acceptors (Lipinski definition) is 2. The van der Waals surface area contributed by atoms with Crippen LogP contribution in [0, 0.1) is 17.8 Å². The van der Waals surface area contributed by atoms with Crippen LogP contribution in [0.3, 0.4) is 0 Å². The average molecular weight is 228 g/mol. The van der Waals surface area contributed by atoms with Gasteiger partial charge >= 0.3 is 0 Å². The summed E-state index contributed by atoms with van der Waals surface area (Å²) in [5.74, 6) is 5.68. The molecule has 1 aliphatic rings. The molecule has 0 bridgehead atoms. The summed E-state index contributed by atoms with van der Waals surface area (Å²) in [5, 5.41) is 6.12. The van der Waals surface area contributed by atoms with E-state index in [1.54, 1.807) is 6.92 Å². The van der Waals surface area contributed by atoms with Crippen molar-refractivity contribution in [1.82, 2.24) is 5.32 Å². The van der Waals surface area contributed by atoms with Crippen LogP contribution in [-0.4, -0.2) is 19.0 Å². The predicted molar refractivity (Wildman–Crippen MR) is 68.6 cm³/mol. The largest absolute Gasteiger partial charge is 0.384 e. The van der Waals surface area contributed by atoms with Gasteiger partial charge < -0.3 is 10.6 Å². The van der Waals surface area contributed by atoms with Crippen molar-refractivity contribution in [2.45, 2.75) is 13.3 Å². The zero-order valence-corrected chi connectivity index (χ0v) is 9.92. The number of hydrogen-bond donors (Lipinski definition) is 2. The van der Waals surface area contributed by atoms with Gasteiger partial charge in [-0.15, -0.1) is 5.92 Å². The molecule has 0 aliphatic carbocycles. The molecule has 17 heavy (non-hydrogen) atoms. The van der Waals surface area contributed by atoms with Crippen molar-refractivity contribution in [2.75, 3.05) is 18.4 Å². The van der Waals surface area contributed by atoms with Crippen LogP contribution >= 0.6 is 0 Å². The van der Waals surface area contributed by atoms with Gasteiger partial charge in [-0.1, -0.05) is 24.1 Å². The van der Waals surface area contributed by atoms with Gasteiger partial charge in [0.15, 0.2) is 0 Å². The van der Waals surface area contributed by atoms with Crippen LogP contribution in [-0.2, 0) is 11.2 Å². The third kappa shape index (κ3) is 2.79. The molecule has 1 atom stereocenters. The predicted octanol–water partition coefficient (Wildman–Crippen LogP) is 1.41. The van der Waals surface area contributed by atoms with Gasteiger partial charge in [-0.2, -0.15) is 0 Å². The minimum absolute atomic E-state index is 0.00329. The number of para-hydroxylation sites is 1. The third-order valence-electron chi connectivity index (χ3n) is 2.92. The molecule has 3 heteroatoms. The molecule has 0 saturated carbocycles. The Morgan fingerprint density at radius 2 is 2.35 bits per heavy atom. The molecule has 1 amide bonds. The summed E-state index contributed by atoms with van der Waals surface area (Å²) in [6.45, 7) is 2.90. The molecule has 1 aromatic rings. The van der Waals surface area contributed by atoms with E-state index in [1.807, 2.05) is 18.2 Å². The van der Waals surface area contributed by atoms with E-state index in [0.29, 0.717) is 13.1 Å². The monoisotopic (exact) mass is 228 g/mol. The van der Waals surface area contributed by atoms with Gasteiger partial charge in [0.1, 0.15) is 0 Å². The Labute approximate surface area is 102 Å². The summed E-state index contributed by atoms with van der Waals surface area (Å²) >= 11 is 0. The SMILES string of the molecule is CC#CCNC(=O)C1CNc2ccccc2C1. The number of nitrogens with one attached hydrogen (secondary N) is 2. The van der Waals surface area contributed by atoms with Gasteiger partial charge in [0.2, 0.25) is 5.91 Å². The van der Waals surface area contributed by atoms with Crippen molar-refractivity contribution in [1.29, 1.82) is 0 Å². The maximum atomic E-state index is 11.9. The quantitative estimate of drug-likeness (QED) is 0.751. The molecule has 2 rings (SSSR count). The van der Waals surface area contributed by atoms with Crippen LogP contribution in [0.15, 0.2) is 24.3 Å². The molecule has 88 valence electrons. The lowest BCUT2D eigenvalue weighted by atomic mass is 9.93. The molecule has 0 radical (unpaired) electrons. The summed E-state index contributed by atoms with van der Waals surface area (Å²) in [7, 11) is 0. The first-order valence-electron chi connectivity index (χ1n) is 5.80. The number of rotatable bonds is 2. The number of benzene rings is 1. The fourth-order valence-electron chi connectivity index (χ4n) is 1.99. The molecular formula is C14H16N2O. The molecule has 1 heterocycles. The summed E-state index contributed by atoms with van der Waals surface area (Å²) in [6, 6.07) is 8.12. The first kappa shape index (κ1) is 11.5. The van der Waals surface area contributed by atoms with Gasteiger partial charge in [0.25, 0.3) is 0 Å². The highest BCUT2D eigenvalue weighted by Gasteiger charge is 2.23. The Bertz CT molecular complexity index is 471. The Morgan fingerprint density at radius 3 is 3.18 bits per heavy atom. The molecule has 1 unspecified atom stereocenters. The highest BCUT2D eigenvalue weighted by atomic mass is 16.1. The highest BCUT2D eigenvalue weighted by molar-refractivity contribution is 5.81. The van der Waals surface area contributed by atoms with Gasteiger partial charge in [0, 0.05) is 12.2 Å². The molecule has 0 aromatic heterocycles. The second kappa shape index (κ2) is 5.40. The molecule has 0 saturated heterocycles. The second-order valence-electron chi connectivity index (χ2n) is 4.08. The summed E-state index contributed by atoms with van der Waals surface area (Å²) in [5.41, 5.74) is 2.35. The fourth-order valence-corrected chi connectivity index (χ4v) is 1.99. The van der Waals surface area contributed by atoms with Gasteiger partial charge in [-0.25, -0.2) is 0 Å². The lowest BCUT2D eigenvalue weighted by Gasteiger charge is -2.25. The van der Waals surface area contributed by atoms with Crippen molar-refractivity contribution in [3.63, 3.8) is 0 Å². The highest BCUT2D eigenvalue weighted by Crippen LogP contribution is 2.24. The van der Waals surface area contributed by atoms with Crippen LogP contribution in [0.2, 0.25) is 0 Å². The van der Waals surface area contributed by atoms with Crippen LogP contribution in [0.25, 0.3) is 0 Å². The van der Waals surface area contributed by atoms with Gasteiger partial charge in [0.05, 0.1) is 12.5 Å². The van der Waals surface area contributed by atoms with E-state index < -0.39 is 0 Å². The fraction of sp³-hybridized carbons (Fsp3) is 0.357. The van der Waals surface area contributed by atoms with E-state index in [2.05, 4.69) is 28.5 Å². The summed E-state index contributed by atoms with van der Waals surface area (Å²) in [4.78, 5) is 11.9. The number of fused-ring (bicyclic) bond motifs is 1. The van der Waals surface area contributed by atoms with Crippen LogP contribution in [0.1, 0.15) is 12.5 Å². The molecule has 0 spiro atoms. The molecular weight excluding hydrogens is 212 g/mol. The molecule has 1 aromatic carbocycles. The first-order valence-corrected chi connectivity index (χ1v) is 5.80. The minimum atomic E-state index is 0.00329. The van der Waals surface area contributed by atoms with Crippen molar-refractivity contribution in [3.05, 3.63) is 29.8 Å². The third-order valence-corrected chi connectivity index (χ3v) is 2.92. The normalized spacial score (nSPS) is 17.1. The number of carbonyl (C=O) groups excluding carboxylic acids is 1. The Balaban J connectivity index is 1.97. The van der Waals surface area contributed by atoms with Crippen LogP contribution < -0.4 is 10.6 Å². The number of carbonyl (C=O) groups is 1. The lowest BCUT2D eigenvalue weighted by molar-refractivity contribution is -0.124. The van der Waals surface area contributed by atoms with Crippen molar-refractivity contribution < 1.29 is 4.79 Å². The standard InChI is InChI=1S/C14H16N2O/c1-2-3-8-15-14(17)12-9-11-6-4-5-7-13(11)16-10-12/h4-7,12,16H,8-10H2,1H3,(H,15,17). The molecule has 1 aliphatic heterocycles. The Morgan fingerprint density at radius 1 is 1.53 bits per heavy atom. The van der Waals surface area contributed by atoms with Gasteiger partial charge in [-0.3, -0.25) is 4.79 Å². The lowest BCUT2D eigenvalue weighted by Crippen LogP contribution is -2.38. The second-order valence-corrected chi connectivity index (χ2v) is 4.08. The first-order chi connectivity index (χ1) is 8.31. The summed E-state index contributed by atoms with van der Waals surface area (Å²) in [6.07, 6.45) is 0.800. The van der Waals surface area contributed by atoms with E-state index in [-0.39, 0.29) is 11.8 Å². The Hall–Kier alpha value is -1.95. The van der Waals surface area contributed by atoms with Crippen molar-refractivity contribution in [2.24, 2.45) is 5.92 Å². The Kier molecular flexibility index (Phi) is 3.66. The van der Waals surface area contributed by atoms with Crippen molar-refractivity contribution in [3.8, 4) is 11.8 Å². The molecule has 0 fully saturated rings. The van der Waals surface area contributed by atoms with E-state index in [4.69, 9.17) is 0 Å². The molecule has 3 nitrogen and oxygen atoms in total. The minimum Gasteiger partial charge on any atom is -0.384 e. The zero-order valence-electron chi connectivity index (χ0n) is 9.92. The number of amides is 1. The van der Waals surface area contributed by atoms with Crippen LogP contribution in [0.5, 0.6) is 0 Å². The van der Waals surface area contributed by atoms with E-state index >= 15 is 0 Å². The maximum absolute atomic E-state index is 11.9. The summed E-state index contributed by atoms with van der Waals surface area (Å²) < 4.78 is 0. The average Bonchev–Trinajstić information content (AvgIpc) is 2.38. The van der Waals surface area contributed by atoms with Crippen LogP contribution in [0.4, 0.5) is 5.69 Å². The van der Waals surface area contributed by atoms with Crippen molar-refractivity contribution >= 4 is 11.6 Å². The maximum Gasteiger partial charge on any atom is 0.225 e. The van der Waals surface area contributed by atoms with E-state index in [9.17, 15) is 4.79 Å². The zero-order chi connectivity index (χ0) is 12.1. The number of anilines is 1. The topological polar surface area (TPSA) is 41.1 Å². The van der Waals surface area contributed by atoms with E-state index in [0.717, 1.165) is 12.1 Å². The van der Waals surface area contributed by atoms with E-state index in [1.165, 1.54) is 5.56 Å². The van der Waals surface area contributed by atoms with Gasteiger partial charge in [-0.05, 0) is 25.0 Å². The molecule has 2 N–H and O–H groups in total. The smallest absolute Gasteiger partial charge is 0.225 e.